The minimum absolute atomic E-state index is 0.220. The smallest absolute Gasteiger partial charge is 0.393 e. The summed E-state index contributed by atoms with van der Waals surface area (Å²) >= 11 is 1.31. The van der Waals surface area contributed by atoms with E-state index in [9.17, 15) is 17.6 Å². The van der Waals surface area contributed by atoms with Crippen LogP contribution in [-0.4, -0.2) is 70.4 Å². The number of alkyl halides is 4. The van der Waals surface area contributed by atoms with E-state index in [-0.39, 0.29) is 32.7 Å². The molecule has 4 nitrogen and oxygen atoms in total. The molecule has 0 atom stereocenters. The van der Waals surface area contributed by atoms with Gasteiger partial charge in [0.05, 0.1) is 47.7 Å². The molecule has 1 aliphatic heterocycles. The van der Waals surface area contributed by atoms with Crippen LogP contribution < -0.4 is 20.7 Å². The normalized spacial score (nSPS) is 14.8. The average Bonchev–Trinajstić information content (AvgIpc) is 3.27. The molecule has 0 amide bonds. The van der Waals surface area contributed by atoms with Crippen LogP contribution in [0.1, 0.15) is 29.7 Å². The Morgan fingerprint density at radius 1 is 1.12 bits per heavy atom. The minimum atomic E-state index is -4.34. The summed E-state index contributed by atoms with van der Waals surface area (Å²) in [5, 5.41) is 8.63. The van der Waals surface area contributed by atoms with Gasteiger partial charge in [-0.1, -0.05) is 38.0 Å². The van der Waals surface area contributed by atoms with E-state index in [1.807, 2.05) is 18.2 Å². The van der Waals surface area contributed by atoms with E-state index in [1.165, 1.54) is 16.6 Å². The molecule has 1 saturated heterocycles. The number of thiophene rings is 1. The van der Waals surface area contributed by atoms with Crippen LogP contribution in [0.2, 0.25) is 0 Å². The molecule has 0 radical (unpaired) electrons. The molecule has 216 valence electrons. The molecule has 0 aliphatic carbocycles. The zero-order chi connectivity index (χ0) is 28.7. The van der Waals surface area contributed by atoms with Gasteiger partial charge in [0.25, 0.3) is 0 Å². The number of benzene rings is 2. The van der Waals surface area contributed by atoms with Gasteiger partial charge in [-0.15, -0.1) is 11.3 Å². The van der Waals surface area contributed by atoms with E-state index in [0.717, 1.165) is 54.3 Å². The number of hydrogen-bond acceptors (Lipinski definition) is 5. The number of likely N-dealkylation sites (tertiary alicyclic amines) is 1. The lowest BCUT2D eigenvalue weighted by Crippen LogP contribution is -2.39. The Hall–Kier alpha value is -2.53. The maximum Gasteiger partial charge on any atom is 0.393 e. The summed E-state index contributed by atoms with van der Waals surface area (Å²) < 4.78 is 59.6. The number of hydrogen-bond donors (Lipinski definition) is 2. The Morgan fingerprint density at radius 2 is 1.90 bits per heavy atom. The molecule has 0 bridgehead atoms. The third-order valence-electron chi connectivity index (χ3n) is 7.02. The van der Waals surface area contributed by atoms with Crippen LogP contribution in [0.5, 0.6) is 5.75 Å². The molecule has 2 aromatic carbocycles. The van der Waals surface area contributed by atoms with Crippen LogP contribution in [0.15, 0.2) is 36.4 Å². The summed E-state index contributed by atoms with van der Waals surface area (Å²) in [6.45, 7) is 6.84. The van der Waals surface area contributed by atoms with Crippen molar-refractivity contribution in [3.63, 3.8) is 0 Å². The standard InChI is InChI=1S/C30H36F4N3OPS/c1-38-27-19-22(39(2)3)10-11-25(27)35-15-5-9-28-24(20-30(32,33)34)23-7-4-8-26(29(23)40-28)36-21-12-17-37(18-13-21)16-6-14-31/h4,7-8,10-11,19,21,35-36H,6,12-18,20H2,1-3H3. The molecular weight excluding hydrogens is 557 g/mol. The van der Waals surface area contributed by atoms with Crippen LogP contribution in [0.4, 0.5) is 28.9 Å². The Labute approximate surface area is 239 Å². The Kier molecular flexibility index (Phi) is 10.6. The topological polar surface area (TPSA) is 36.5 Å². The second-order valence-corrected chi connectivity index (χ2v) is 13.4. The van der Waals surface area contributed by atoms with Gasteiger partial charge in [-0.2, -0.15) is 13.2 Å². The van der Waals surface area contributed by atoms with Gasteiger partial charge in [-0.25, -0.2) is 0 Å². The van der Waals surface area contributed by atoms with Gasteiger partial charge in [0.2, 0.25) is 0 Å². The zero-order valence-corrected chi connectivity index (χ0v) is 24.8. The number of rotatable bonds is 10. The first-order chi connectivity index (χ1) is 19.2. The predicted molar refractivity (Wildman–Crippen MR) is 162 cm³/mol. The summed E-state index contributed by atoms with van der Waals surface area (Å²) in [6.07, 6.45) is -3.00. The second-order valence-electron chi connectivity index (χ2n) is 10.1. The molecule has 4 rings (SSSR count). The lowest BCUT2D eigenvalue weighted by molar-refractivity contribution is -0.126. The van der Waals surface area contributed by atoms with Crippen molar-refractivity contribution < 1.29 is 22.3 Å². The maximum atomic E-state index is 13.6. The molecule has 2 heterocycles. The minimum Gasteiger partial charge on any atom is -0.495 e. The van der Waals surface area contributed by atoms with E-state index in [2.05, 4.69) is 46.8 Å². The first kappa shape index (κ1) is 30.4. The third-order valence-corrected chi connectivity index (χ3v) is 9.53. The average molecular weight is 594 g/mol. The number of fused-ring (bicyclic) bond motifs is 1. The number of methoxy groups -OCH3 is 1. The fraction of sp³-hybridized carbons (Fsp3) is 0.467. The van der Waals surface area contributed by atoms with E-state index in [4.69, 9.17) is 4.74 Å². The molecule has 0 spiro atoms. The highest BCUT2D eigenvalue weighted by Crippen LogP contribution is 2.39. The predicted octanol–water partition coefficient (Wildman–Crippen LogP) is 7.08. The SMILES string of the molecule is COc1cc(P(C)C)ccc1NCC#Cc1sc2c(NC3CCN(CCCF)CC3)cccc2c1CC(F)(F)F. The van der Waals surface area contributed by atoms with Crippen molar-refractivity contribution >= 4 is 46.0 Å². The van der Waals surface area contributed by atoms with Crippen molar-refractivity contribution in [1.82, 2.24) is 4.90 Å². The first-order valence-electron chi connectivity index (χ1n) is 13.4. The molecule has 3 aromatic rings. The van der Waals surface area contributed by atoms with Crippen molar-refractivity contribution in [3.05, 3.63) is 46.8 Å². The third kappa shape index (κ3) is 8.02. The molecule has 1 aliphatic rings. The van der Waals surface area contributed by atoms with E-state index in [0.29, 0.717) is 16.7 Å². The number of nitrogens with zero attached hydrogens (tertiary/aromatic N) is 1. The van der Waals surface area contributed by atoms with Crippen LogP contribution in [0, 0.1) is 11.8 Å². The second kappa shape index (κ2) is 13.9. The monoisotopic (exact) mass is 593 g/mol. The van der Waals surface area contributed by atoms with E-state index >= 15 is 0 Å². The molecule has 2 N–H and O–H groups in total. The lowest BCUT2D eigenvalue weighted by Gasteiger charge is -2.32. The highest BCUT2D eigenvalue weighted by Gasteiger charge is 2.31. The summed E-state index contributed by atoms with van der Waals surface area (Å²) in [5.41, 5.74) is 1.87. The number of nitrogens with one attached hydrogen (secondary N) is 2. The van der Waals surface area contributed by atoms with Crippen LogP contribution >= 0.6 is 19.3 Å². The van der Waals surface area contributed by atoms with E-state index in [1.54, 1.807) is 19.2 Å². The highest BCUT2D eigenvalue weighted by molar-refractivity contribution is 7.64. The van der Waals surface area contributed by atoms with E-state index < -0.39 is 12.6 Å². The van der Waals surface area contributed by atoms with Crippen molar-refractivity contribution in [2.24, 2.45) is 0 Å². The van der Waals surface area contributed by atoms with Gasteiger partial charge in [0.15, 0.2) is 0 Å². The summed E-state index contributed by atoms with van der Waals surface area (Å²) in [7, 11) is 1.36. The largest absolute Gasteiger partial charge is 0.495 e. The van der Waals surface area contributed by atoms with Gasteiger partial charge in [-0.05, 0) is 67.0 Å². The number of anilines is 2. The Bertz CT molecular complexity index is 1340. The fourth-order valence-electron chi connectivity index (χ4n) is 4.93. The van der Waals surface area contributed by atoms with Gasteiger partial charge in [0, 0.05) is 25.7 Å². The summed E-state index contributed by atoms with van der Waals surface area (Å²) in [4.78, 5) is 2.70. The fourth-order valence-corrected chi connectivity index (χ4v) is 6.85. The molecule has 0 unspecified atom stereocenters. The summed E-state index contributed by atoms with van der Waals surface area (Å²) in [6, 6.07) is 11.7. The zero-order valence-electron chi connectivity index (χ0n) is 23.1. The number of ether oxygens (including phenoxy) is 1. The quantitative estimate of drug-likeness (QED) is 0.150. The number of piperidine rings is 1. The van der Waals surface area contributed by atoms with Gasteiger partial charge in [0.1, 0.15) is 5.75 Å². The van der Waals surface area contributed by atoms with Crippen LogP contribution in [-0.2, 0) is 6.42 Å². The summed E-state index contributed by atoms with van der Waals surface area (Å²) in [5.74, 6) is 6.77. The first-order valence-corrected chi connectivity index (χ1v) is 16.5. The molecule has 40 heavy (non-hydrogen) atoms. The van der Waals surface area contributed by atoms with Crippen molar-refractivity contribution in [2.75, 3.05) is 63.9 Å². The Morgan fingerprint density at radius 3 is 2.58 bits per heavy atom. The highest BCUT2D eigenvalue weighted by atomic mass is 32.1. The molecule has 0 saturated carbocycles. The van der Waals surface area contributed by atoms with Crippen molar-refractivity contribution in [3.8, 4) is 17.6 Å². The van der Waals surface area contributed by atoms with Gasteiger partial charge >= 0.3 is 6.18 Å². The molecule has 1 fully saturated rings. The molecule has 10 heteroatoms. The lowest BCUT2D eigenvalue weighted by atomic mass is 10.0. The van der Waals surface area contributed by atoms with Crippen LogP contribution in [0.25, 0.3) is 10.1 Å². The Balaban J connectivity index is 1.53. The van der Waals surface area contributed by atoms with Crippen LogP contribution in [0.3, 0.4) is 0 Å². The van der Waals surface area contributed by atoms with Gasteiger partial charge in [-0.3, -0.25) is 4.39 Å². The van der Waals surface area contributed by atoms with Crippen molar-refractivity contribution in [1.29, 1.82) is 0 Å². The molecular formula is C30H36F4N3OPS. The van der Waals surface area contributed by atoms with Gasteiger partial charge < -0.3 is 20.3 Å². The number of halogens is 4. The maximum absolute atomic E-state index is 13.6. The molecule has 1 aromatic heterocycles. The van der Waals surface area contributed by atoms with Crippen molar-refractivity contribution in [2.45, 2.75) is 37.9 Å².